The molecule has 0 unspecified atom stereocenters. The Labute approximate surface area is 102 Å². The minimum Gasteiger partial charge on any atom is -0.497 e. The number of hydrogen-bond donors (Lipinski definition) is 1. The van der Waals surface area contributed by atoms with Crippen LogP contribution in [0, 0.1) is 5.82 Å². The predicted molar refractivity (Wildman–Crippen MR) is 67.2 cm³/mol. The van der Waals surface area contributed by atoms with Crippen molar-refractivity contribution in [3.05, 3.63) is 24.0 Å². The number of nitrogens with one attached hydrogen (secondary N) is 1. The van der Waals surface area contributed by atoms with Gasteiger partial charge in [-0.3, -0.25) is 0 Å². The van der Waals surface area contributed by atoms with Crippen molar-refractivity contribution in [2.75, 3.05) is 32.2 Å². The summed E-state index contributed by atoms with van der Waals surface area (Å²) in [7, 11) is 1.52. The number of anilines is 1. The summed E-state index contributed by atoms with van der Waals surface area (Å²) in [6.45, 7) is 4.19. The van der Waals surface area contributed by atoms with Crippen LogP contribution < -0.4 is 10.1 Å². The van der Waals surface area contributed by atoms with Crippen molar-refractivity contribution in [3.63, 3.8) is 0 Å². The molecule has 0 aliphatic heterocycles. The van der Waals surface area contributed by atoms with Gasteiger partial charge in [-0.2, -0.15) is 0 Å². The van der Waals surface area contributed by atoms with Crippen LogP contribution in [0.4, 0.5) is 10.1 Å². The zero-order chi connectivity index (χ0) is 12.5. The van der Waals surface area contributed by atoms with E-state index in [0.29, 0.717) is 24.6 Å². The first kappa shape index (κ1) is 13.8. The molecule has 1 aromatic rings. The molecule has 3 nitrogen and oxygen atoms in total. The van der Waals surface area contributed by atoms with Crippen molar-refractivity contribution in [2.24, 2.45) is 0 Å². The van der Waals surface area contributed by atoms with Gasteiger partial charge >= 0.3 is 0 Å². The molecule has 4 heteroatoms. The maximum Gasteiger partial charge on any atom is 0.128 e. The molecule has 17 heavy (non-hydrogen) atoms. The summed E-state index contributed by atoms with van der Waals surface area (Å²) in [5.74, 6) is 0.207. The van der Waals surface area contributed by atoms with Gasteiger partial charge in [0.1, 0.15) is 11.6 Å². The summed E-state index contributed by atoms with van der Waals surface area (Å²) in [6.07, 6.45) is 2.21. The largest absolute Gasteiger partial charge is 0.497 e. The molecular weight excluding hydrogens is 221 g/mol. The molecule has 0 aliphatic carbocycles. The van der Waals surface area contributed by atoms with E-state index in [9.17, 15) is 4.39 Å². The van der Waals surface area contributed by atoms with Gasteiger partial charge in [-0.25, -0.2) is 4.39 Å². The summed E-state index contributed by atoms with van der Waals surface area (Å²) < 4.78 is 23.5. The van der Waals surface area contributed by atoms with Gasteiger partial charge in [-0.15, -0.1) is 0 Å². The normalized spacial score (nSPS) is 10.3. The smallest absolute Gasteiger partial charge is 0.128 e. The minimum atomic E-state index is -0.307. The molecule has 96 valence electrons. The van der Waals surface area contributed by atoms with E-state index in [1.807, 2.05) is 0 Å². The number of unbranched alkanes of at least 4 members (excludes halogenated alkanes) is 1. The van der Waals surface area contributed by atoms with Crippen LogP contribution in [0.1, 0.15) is 19.8 Å². The molecule has 0 amide bonds. The minimum absolute atomic E-state index is 0.307. The third-order valence-electron chi connectivity index (χ3n) is 2.32. The average Bonchev–Trinajstić information content (AvgIpc) is 2.33. The van der Waals surface area contributed by atoms with Gasteiger partial charge in [0.25, 0.3) is 0 Å². The van der Waals surface area contributed by atoms with Crippen LogP contribution >= 0.6 is 0 Å². The molecule has 0 fully saturated rings. The van der Waals surface area contributed by atoms with E-state index in [0.717, 1.165) is 19.4 Å². The third-order valence-corrected chi connectivity index (χ3v) is 2.32. The number of halogens is 1. The van der Waals surface area contributed by atoms with Crippen LogP contribution in [0.3, 0.4) is 0 Å². The van der Waals surface area contributed by atoms with Crippen LogP contribution in [0.25, 0.3) is 0 Å². The highest BCUT2D eigenvalue weighted by atomic mass is 19.1. The Hall–Kier alpha value is -1.29. The highest BCUT2D eigenvalue weighted by molar-refractivity contribution is 5.48. The summed E-state index contributed by atoms with van der Waals surface area (Å²) in [4.78, 5) is 0. The van der Waals surface area contributed by atoms with Gasteiger partial charge in [0.15, 0.2) is 0 Å². The Kier molecular flexibility index (Phi) is 6.40. The van der Waals surface area contributed by atoms with E-state index < -0.39 is 0 Å². The zero-order valence-corrected chi connectivity index (χ0v) is 10.5. The Balaban J connectivity index is 2.28. The summed E-state index contributed by atoms with van der Waals surface area (Å²) in [5.41, 5.74) is 0.709. The van der Waals surface area contributed by atoms with Crippen molar-refractivity contribution in [2.45, 2.75) is 19.8 Å². The molecule has 1 N–H and O–H groups in total. The van der Waals surface area contributed by atoms with Crippen LogP contribution in [0.5, 0.6) is 5.75 Å². The molecule has 0 aliphatic rings. The second-order valence-corrected chi connectivity index (χ2v) is 3.77. The molecule has 0 saturated heterocycles. The lowest BCUT2D eigenvalue weighted by molar-refractivity contribution is 0.141. The summed E-state index contributed by atoms with van der Waals surface area (Å²) >= 11 is 0. The van der Waals surface area contributed by atoms with E-state index in [2.05, 4.69) is 12.2 Å². The first-order chi connectivity index (χ1) is 8.26. The lowest BCUT2D eigenvalue weighted by Gasteiger charge is -2.09. The second-order valence-electron chi connectivity index (χ2n) is 3.77. The van der Waals surface area contributed by atoms with Gasteiger partial charge in [0.05, 0.1) is 13.7 Å². The quantitative estimate of drug-likeness (QED) is 0.709. The number of ether oxygens (including phenoxy) is 2. The van der Waals surface area contributed by atoms with E-state index in [1.54, 1.807) is 6.07 Å². The highest BCUT2D eigenvalue weighted by Gasteiger charge is 2.00. The summed E-state index contributed by atoms with van der Waals surface area (Å²) in [6, 6.07) is 4.55. The number of hydrogen-bond acceptors (Lipinski definition) is 3. The fraction of sp³-hybridized carbons (Fsp3) is 0.538. The topological polar surface area (TPSA) is 30.5 Å². The number of benzene rings is 1. The molecule has 0 radical (unpaired) electrons. The first-order valence-electron chi connectivity index (χ1n) is 5.92. The predicted octanol–water partition coefficient (Wildman–Crippen LogP) is 3.06. The molecule has 0 spiro atoms. The van der Waals surface area contributed by atoms with Crippen LogP contribution in [0.2, 0.25) is 0 Å². The van der Waals surface area contributed by atoms with E-state index >= 15 is 0 Å². The second kappa shape index (κ2) is 7.90. The van der Waals surface area contributed by atoms with E-state index in [-0.39, 0.29) is 5.82 Å². The highest BCUT2D eigenvalue weighted by Crippen LogP contribution is 2.19. The maximum absolute atomic E-state index is 13.1. The van der Waals surface area contributed by atoms with Gasteiger partial charge < -0.3 is 14.8 Å². The van der Waals surface area contributed by atoms with Crippen molar-refractivity contribution < 1.29 is 13.9 Å². The first-order valence-corrected chi connectivity index (χ1v) is 5.92. The zero-order valence-electron chi connectivity index (χ0n) is 10.5. The SMILES string of the molecule is CCCCOCCNc1cc(F)cc(OC)c1. The Morgan fingerprint density at radius 2 is 2.06 bits per heavy atom. The third kappa shape index (κ3) is 5.54. The van der Waals surface area contributed by atoms with E-state index in [4.69, 9.17) is 9.47 Å². The lowest BCUT2D eigenvalue weighted by atomic mass is 10.3. The molecule has 1 aromatic carbocycles. The fourth-order valence-electron chi connectivity index (χ4n) is 1.40. The number of methoxy groups -OCH3 is 1. The van der Waals surface area contributed by atoms with Gasteiger partial charge in [-0.1, -0.05) is 13.3 Å². The van der Waals surface area contributed by atoms with Gasteiger partial charge in [0.2, 0.25) is 0 Å². The maximum atomic E-state index is 13.1. The van der Waals surface area contributed by atoms with Crippen molar-refractivity contribution >= 4 is 5.69 Å². The van der Waals surface area contributed by atoms with Crippen LogP contribution in [-0.2, 0) is 4.74 Å². The Bertz CT molecular complexity index is 331. The molecule has 0 atom stereocenters. The Morgan fingerprint density at radius 1 is 1.24 bits per heavy atom. The monoisotopic (exact) mass is 241 g/mol. The summed E-state index contributed by atoms with van der Waals surface area (Å²) in [5, 5.41) is 3.09. The average molecular weight is 241 g/mol. The van der Waals surface area contributed by atoms with Crippen LogP contribution in [-0.4, -0.2) is 26.9 Å². The van der Waals surface area contributed by atoms with Gasteiger partial charge in [0, 0.05) is 31.0 Å². The lowest BCUT2D eigenvalue weighted by Crippen LogP contribution is -2.10. The van der Waals surface area contributed by atoms with Crippen molar-refractivity contribution in [1.82, 2.24) is 0 Å². The molecule has 0 heterocycles. The fourth-order valence-corrected chi connectivity index (χ4v) is 1.40. The number of rotatable bonds is 8. The van der Waals surface area contributed by atoms with Crippen LogP contribution in [0.15, 0.2) is 18.2 Å². The van der Waals surface area contributed by atoms with E-state index in [1.165, 1.54) is 19.2 Å². The molecule has 0 aromatic heterocycles. The standard InChI is InChI=1S/C13H20FNO2/c1-3-4-6-17-7-5-15-12-8-11(14)9-13(10-12)16-2/h8-10,15H,3-7H2,1-2H3. The molecular formula is C13H20FNO2. The Morgan fingerprint density at radius 3 is 2.76 bits per heavy atom. The molecule has 1 rings (SSSR count). The van der Waals surface area contributed by atoms with Crippen molar-refractivity contribution in [3.8, 4) is 5.75 Å². The molecule has 0 saturated carbocycles. The van der Waals surface area contributed by atoms with Crippen molar-refractivity contribution in [1.29, 1.82) is 0 Å². The molecule has 0 bridgehead atoms. The van der Waals surface area contributed by atoms with Gasteiger partial charge in [-0.05, 0) is 12.5 Å².